The predicted octanol–water partition coefficient (Wildman–Crippen LogP) is 4.11. The molecule has 0 saturated carbocycles. The Hall–Kier alpha value is -2.47. The third kappa shape index (κ3) is 4.19. The van der Waals surface area contributed by atoms with Crippen molar-refractivity contribution >= 4 is 29.1 Å². The lowest BCUT2D eigenvalue weighted by Crippen LogP contribution is -2.41. The van der Waals surface area contributed by atoms with Gasteiger partial charge in [0.2, 0.25) is 5.91 Å². The van der Waals surface area contributed by atoms with Crippen molar-refractivity contribution in [3.05, 3.63) is 64.7 Å². The van der Waals surface area contributed by atoms with Gasteiger partial charge in [0.25, 0.3) is 5.91 Å². The third-order valence-corrected chi connectivity index (χ3v) is 4.68. The summed E-state index contributed by atoms with van der Waals surface area (Å²) in [5.74, 6) is -2.71. The first-order valence-electron chi connectivity index (χ1n) is 8.25. The Morgan fingerprint density at radius 3 is 2.27 bits per heavy atom. The fourth-order valence-electron chi connectivity index (χ4n) is 2.93. The zero-order valence-electron chi connectivity index (χ0n) is 13.8. The SMILES string of the molecule is O=C(Nc1ccc(Cl)cc1)C1CCN(C(=O)c2ccc(F)c(F)c2)CC1. The Labute approximate surface area is 154 Å². The van der Waals surface area contributed by atoms with Gasteiger partial charge in [-0.25, -0.2) is 8.78 Å². The van der Waals surface area contributed by atoms with E-state index in [0.29, 0.717) is 36.6 Å². The van der Waals surface area contributed by atoms with Gasteiger partial charge in [0.1, 0.15) is 0 Å². The largest absolute Gasteiger partial charge is 0.339 e. The molecule has 0 aliphatic carbocycles. The molecular weight excluding hydrogens is 362 g/mol. The second-order valence-electron chi connectivity index (χ2n) is 6.19. The van der Waals surface area contributed by atoms with E-state index >= 15 is 0 Å². The maximum absolute atomic E-state index is 13.3. The van der Waals surface area contributed by atoms with Gasteiger partial charge in [-0.1, -0.05) is 11.6 Å². The number of amides is 2. The van der Waals surface area contributed by atoms with Gasteiger partial charge in [0.05, 0.1) is 0 Å². The number of benzene rings is 2. The van der Waals surface area contributed by atoms with Crippen molar-refractivity contribution in [3.63, 3.8) is 0 Å². The molecular formula is C19H17ClF2N2O2. The van der Waals surface area contributed by atoms with E-state index < -0.39 is 11.6 Å². The number of nitrogens with zero attached hydrogens (tertiary/aromatic N) is 1. The molecule has 0 atom stereocenters. The standard InChI is InChI=1S/C19H17ClF2N2O2/c20-14-2-4-15(5-3-14)23-18(25)12-7-9-24(10-8-12)19(26)13-1-6-16(21)17(22)11-13/h1-6,11-12H,7-10H2,(H,23,25). The fraction of sp³-hybridized carbons (Fsp3) is 0.263. The highest BCUT2D eigenvalue weighted by atomic mass is 35.5. The van der Waals surface area contributed by atoms with Crippen LogP contribution in [0, 0.1) is 17.6 Å². The van der Waals surface area contributed by atoms with E-state index in [9.17, 15) is 18.4 Å². The van der Waals surface area contributed by atoms with Crippen molar-refractivity contribution in [2.45, 2.75) is 12.8 Å². The summed E-state index contributed by atoms with van der Waals surface area (Å²) in [6.07, 6.45) is 1.02. The van der Waals surface area contributed by atoms with Crippen molar-refractivity contribution in [1.29, 1.82) is 0 Å². The Morgan fingerprint density at radius 1 is 1.00 bits per heavy atom. The maximum atomic E-state index is 13.3. The van der Waals surface area contributed by atoms with Crippen LogP contribution in [0.5, 0.6) is 0 Å². The molecule has 2 amide bonds. The number of hydrogen-bond acceptors (Lipinski definition) is 2. The van der Waals surface area contributed by atoms with Crippen LogP contribution in [0.1, 0.15) is 23.2 Å². The molecule has 26 heavy (non-hydrogen) atoms. The minimum atomic E-state index is -1.05. The van der Waals surface area contributed by atoms with Crippen molar-refractivity contribution < 1.29 is 18.4 Å². The summed E-state index contributed by atoms with van der Waals surface area (Å²) in [4.78, 5) is 26.3. The number of piperidine rings is 1. The molecule has 1 saturated heterocycles. The first kappa shape index (κ1) is 18.3. The monoisotopic (exact) mass is 378 g/mol. The van der Waals surface area contributed by atoms with Gasteiger partial charge in [0, 0.05) is 35.3 Å². The Bertz CT molecular complexity index is 819. The molecule has 0 spiro atoms. The lowest BCUT2D eigenvalue weighted by molar-refractivity contribution is -0.121. The van der Waals surface area contributed by atoms with Crippen LogP contribution in [0.25, 0.3) is 0 Å². The van der Waals surface area contributed by atoms with Gasteiger partial charge in [0.15, 0.2) is 11.6 Å². The Balaban J connectivity index is 1.56. The third-order valence-electron chi connectivity index (χ3n) is 4.43. The molecule has 0 aromatic heterocycles. The number of carbonyl (C=O) groups is 2. The smallest absolute Gasteiger partial charge is 0.253 e. The van der Waals surface area contributed by atoms with Gasteiger partial charge in [-0.05, 0) is 55.3 Å². The van der Waals surface area contributed by atoms with E-state index in [1.165, 1.54) is 6.07 Å². The molecule has 1 aliphatic rings. The normalized spacial score (nSPS) is 15.0. The number of anilines is 1. The quantitative estimate of drug-likeness (QED) is 0.873. The van der Waals surface area contributed by atoms with Crippen molar-refractivity contribution in [2.24, 2.45) is 5.92 Å². The number of likely N-dealkylation sites (tertiary alicyclic amines) is 1. The van der Waals surface area contributed by atoms with E-state index in [2.05, 4.69) is 5.32 Å². The molecule has 1 fully saturated rings. The Morgan fingerprint density at radius 2 is 1.65 bits per heavy atom. The van der Waals surface area contributed by atoms with Crippen LogP contribution in [0.15, 0.2) is 42.5 Å². The highest BCUT2D eigenvalue weighted by Crippen LogP contribution is 2.22. The van der Waals surface area contributed by atoms with Crippen molar-refractivity contribution in [3.8, 4) is 0 Å². The number of nitrogens with one attached hydrogen (secondary N) is 1. The van der Waals surface area contributed by atoms with Crippen LogP contribution in [-0.4, -0.2) is 29.8 Å². The number of halogens is 3. The fourth-order valence-corrected chi connectivity index (χ4v) is 3.06. The first-order chi connectivity index (χ1) is 12.4. The molecule has 3 rings (SSSR count). The molecule has 0 bridgehead atoms. The summed E-state index contributed by atoms with van der Waals surface area (Å²) in [6.45, 7) is 0.771. The van der Waals surface area contributed by atoms with Gasteiger partial charge < -0.3 is 10.2 Å². The second kappa shape index (κ2) is 7.83. The highest BCUT2D eigenvalue weighted by molar-refractivity contribution is 6.30. The van der Waals surface area contributed by atoms with E-state index in [1.54, 1.807) is 29.2 Å². The molecule has 4 nitrogen and oxygen atoms in total. The average molecular weight is 379 g/mol. The summed E-state index contributed by atoms with van der Waals surface area (Å²) in [6, 6.07) is 9.94. The van der Waals surface area contributed by atoms with Gasteiger partial charge in [-0.15, -0.1) is 0 Å². The zero-order valence-corrected chi connectivity index (χ0v) is 14.6. The average Bonchev–Trinajstić information content (AvgIpc) is 2.65. The topological polar surface area (TPSA) is 49.4 Å². The summed E-state index contributed by atoms with van der Waals surface area (Å²) in [7, 11) is 0. The molecule has 1 heterocycles. The second-order valence-corrected chi connectivity index (χ2v) is 6.63. The van der Waals surface area contributed by atoms with Gasteiger partial charge >= 0.3 is 0 Å². The molecule has 136 valence electrons. The first-order valence-corrected chi connectivity index (χ1v) is 8.62. The van der Waals surface area contributed by atoms with Crippen LogP contribution < -0.4 is 5.32 Å². The summed E-state index contributed by atoms with van der Waals surface area (Å²) >= 11 is 5.82. The van der Waals surface area contributed by atoms with Crippen LogP contribution in [0.4, 0.5) is 14.5 Å². The van der Waals surface area contributed by atoms with Crippen LogP contribution in [0.3, 0.4) is 0 Å². The lowest BCUT2D eigenvalue weighted by atomic mass is 9.95. The maximum Gasteiger partial charge on any atom is 0.253 e. The van der Waals surface area contributed by atoms with Crippen LogP contribution >= 0.6 is 11.6 Å². The minimum absolute atomic E-state index is 0.104. The van der Waals surface area contributed by atoms with Crippen LogP contribution in [0.2, 0.25) is 5.02 Å². The molecule has 0 radical (unpaired) electrons. The van der Waals surface area contributed by atoms with Gasteiger partial charge in [-0.2, -0.15) is 0 Å². The van der Waals surface area contributed by atoms with Crippen LogP contribution in [-0.2, 0) is 4.79 Å². The number of carbonyl (C=O) groups excluding carboxylic acids is 2. The summed E-state index contributed by atoms with van der Waals surface area (Å²) < 4.78 is 26.3. The minimum Gasteiger partial charge on any atom is -0.339 e. The van der Waals surface area contributed by atoms with E-state index in [4.69, 9.17) is 11.6 Å². The summed E-state index contributed by atoms with van der Waals surface area (Å²) in [5.41, 5.74) is 0.771. The molecule has 1 N–H and O–H groups in total. The lowest BCUT2D eigenvalue weighted by Gasteiger charge is -2.31. The molecule has 2 aromatic rings. The highest BCUT2D eigenvalue weighted by Gasteiger charge is 2.28. The van der Waals surface area contributed by atoms with E-state index in [1.807, 2.05) is 0 Å². The molecule has 0 unspecified atom stereocenters. The summed E-state index contributed by atoms with van der Waals surface area (Å²) in [5, 5.41) is 3.43. The van der Waals surface area contributed by atoms with E-state index in [-0.39, 0.29) is 23.3 Å². The van der Waals surface area contributed by atoms with Crippen molar-refractivity contribution in [1.82, 2.24) is 4.90 Å². The van der Waals surface area contributed by atoms with Crippen molar-refractivity contribution in [2.75, 3.05) is 18.4 Å². The zero-order chi connectivity index (χ0) is 18.7. The van der Waals surface area contributed by atoms with Gasteiger partial charge in [-0.3, -0.25) is 9.59 Å². The molecule has 1 aliphatic heterocycles. The number of rotatable bonds is 3. The molecule has 7 heteroatoms. The number of hydrogen-bond donors (Lipinski definition) is 1. The van der Waals surface area contributed by atoms with E-state index in [0.717, 1.165) is 12.1 Å². The Kier molecular flexibility index (Phi) is 5.52. The molecule has 2 aromatic carbocycles. The predicted molar refractivity (Wildman–Crippen MR) is 95.1 cm³/mol.